The van der Waals surface area contributed by atoms with Gasteiger partial charge in [0.25, 0.3) is 0 Å². The first kappa shape index (κ1) is 16.2. The van der Waals surface area contributed by atoms with E-state index in [0.29, 0.717) is 6.04 Å². The molecule has 2 aromatic rings. The van der Waals surface area contributed by atoms with E-state index in [4.69, 9.17) is 0 Å². The SMILES string of the molecule is c1ccc(CCN(CCc2ccccc2)C[C@@H]2CCCN2)cc1. The van der Waals surface area contributed by atoms with Gasteiger partial charge in [0.05, 0.1) is 0 Å². The molecule has 0 aromatic heterocycles. The van der Waals surface area contributed by atoms with Gasteiger partial charge < -0.3 is 10.2 Å². The minimum atomic E-state index is 0.682. The summed E-state index contributed by atoms with van der Waals surface area (Å²) in [6.45, 7) is 4.67. The number of hydrogen-bond donors (Lipinski definition) is 1. The number of nitrogens with one attached hydrogen (secondary N) is 1. The number of benzene rings is 2. The second-order valence-electron chi connectivity index (χ2n) is 6.57. The maximum absolute atomic E-state index is 3.64. The molecule has 1 fully saturated rings. The Bertz CT molecular complexity index is 503. The molecule has 0 saturated carbocycles. The second kappa shape index (κ2) is 8.85. The predicted octanol–water partition coefficient (Wildman–Crippen LogP) is 3.53. The number of nitrogens with zero attached hydrogens (tertiary/aromatic N) is 1. The molecular weight excluding hydrogens is 280 g/mol. The van der Waals surface area contributed by atoms with Gasteiger partial charge >= 0.3 is 0 Å². The summed E-state index contributed by atoms with van der Waals surface area (Å²) in [7, 11) is 0. The standard InChI is InChI=1S/C21H28N2/c1-3-8-19(9-4-1)13-16-23(18-21-12-7-15-22-21)17-14-20-10-5-2-6-11-20/h1-6,8-11,21-22H,7,12-18H2/t21-/m0/s1. The van der Waals surface area contributed by atoms with Crippen molar-refractivity contribution in [3.8, 4) is 0 Å². The summed E-state index contributed by atoms with van der Waals surface area (Å²) in [5, 5.41) is 3.64. The highest BCUT2D eigenvalue weighted by atomic mass is 15.1. The predicted molar refractivity (Wildman–Crippen MR) is 97.8 cm³/mol. The van der Waals surface area contributed by atoms with E-state index in [1.54, 1.807) is 0 Å². The highest BCUT2D eigenvalue weighted by molar-refractivity contribution is 5.16. The molecule has 0 unspecified atom stereocenters. The van der Waals surface area contributed by atoms with Crippen LogP contribution in [0.25, 0.3) is 0 Å². The fourth-order valence-corrected chi connectivity index (χ4v) is 3.38. The van der Waals surface area contributed by atoms with Crippen LogP contribution in [0.3, 0.4) is 0 Å². The third-order valence-corrected chi connectivity index (χ3v) is 4.76. The lowest BCUT2D eigenvalue weighted by molar-refractivity contribution is 0.254. The second-order valence-corrected chi connectivity index (χ2v) is 6.57. The minimum Gasteiger partial charge on any atom is -0.313 e. The van der Waals surface area contributed by atoms with E-state index in [2.05, 4.69) is 70.9 Å². The summed E-state index contributed by atoms with van der Waals surface area (Å²) < 4.78 is 0. The van der Waals surface area contributed by atoms with Gasteiger partial charge in [0, 0.05) is 25.7 Å². The molecule has 1 N–H and O–H groups in total. The summed E-state index contributed by atoms with van der Waals surface area (Å²) in [5.74, 6) is 0. The van der Waals surface area contributed by atoms with Crippen LogP contribution in [0.1, 0.15) is 24.0 Å². The lowest BCUT2D eigenvalue weighted by Crippen LogP contribution is -2.39. The largest absolute Gasteiger partial charge is 0.313 e. The van der Waals surface area contributed by atoms with E-state index in [9.17, 15) is 0 Å². The van der Waals surface area contributed by atoms with E-state index in [0.717, 1.165) is 25.9 Å². The number of rotatable bonds is 8. The Morgan fingerprint density at radius 2 is 1.39 bits per heavy atom. The molecule has 1 aliphatic heterocycles. The van der Waals surface area contributed by atoms with Crippen LogP contribution in [0.5, 0.6) is 0 Å². The van der Waals surface area contributed by atoms with Gasteiger partial charge in [-0.2, -0.15) is 0 Å². The maximum atomic E-state index is 3.64. The van der Waals surface area contributed by atoms with E-state index >= 15 is 0 Å². The van der Waals surface area contributed by atoms with Gasteiger partial charge in [-0.05, 0) is 43.4 Å². The molecule has 0 aliphatic carbocycles. The zero-order valence-electron chi connectivity index (χ0n) is 14.0. The van der Waals surface area contributed by atoms with Crippen molar-refractivity contribution in [3.05, 3.63) is 71.8 Å². The Kier molecular flexibility index (Phi) is 6.25. The highest BCUT2D eigenvalue weighted by Crippen LogP contribution is 2.10. The van der Waals surface area contributed by atoms with Gasteiger partial charge in [0.2, 0.25) is 0 Å². The third-order valence-electron chi connectivity index (χ3n) is 4.76. The lowest BCUT2D eigenvalue weighted by atomic mass is 10.1. The molecule has 2 heteroatoms. The van der Waals surface area contributed by atoms with Crippen molar-refractivity contribution < 1.29 is 0 Å². The Labute approximate surface area is 140 Å². The monoisotopic (exact) mass is 308 g/mol. The van der Waals surface area contributed by atoms with Crippen LogP contribution in [-0.4, -0.2) is 37.1 Å². The van der Waals surface area contributed by atoms with Gasteiger partial charge in [-0.1, -0.05) is 60.7 Å². The molecule has 1 heterocycles. The summed E-state index contributed by atoms with van der Waals surface area (Å²) in [5.41, 5.74) is 2.88. The molecule has 23 heavy (non-hydrogen) atoms. The van der Waals surface area contributed by atoms with Crippen molar-refractivity contribution in [2.75, 3.05) is 26.2 Å². The fourth-order valence-electron chi connectivity index (χ4n) is 3.38. The molecule has 0 radical (unpaired) electrons. The van der Waals surface area contributed by atoms with Crippen molar-refractivity contribution in [2.24, 2.45) is 0 Å². The average Bonchev–Trinajstić information content (AvgIpc) is 3.12. The summed E-state index contributed by atoms with van der Waals surface area (Å²) in [6, 6.07) is 22.4. The van der Waals surface area contributed by atoms with Crippen LogP contribution < -0.4 is 5.32 Å². The van der Waals surface area contributed by atoms with E-state index in [1.165, 1.54) is 37.1 Å². The number of hydrogen-bond acceptors (Lipinski definition) is 2. The summed E-state index contributed by atoms with van der Waals surface area (Å²) in [4.78, 5) is 2.64. The molecule has 0 amide bonds. The van der Waals surface area contributed by atoms with Gasteiger partial charge in [0.15, 0.2) is 0 Å². The third kappa shape index (κ3) is 5.49. The maximum Gasteiger partial charge on any atom is 0.0195 e. The van der Waals surface area contributed by atoms with Crippen LogP contribution in [0.15, 0.2) is 60.7 Å². The zero-order chi connectivity index (χ0) is 15.7. The minimum absolute atomic E-state index is 0.682. The van der Waals surface area contributed by atoms with Crippen LogP contribution >= 0.6 is 0 Å². The lowest BCUT2D eigenvalue weighted by Gasteiger charge is -2.26. The molecular formula is C21H28N2. The van der Waals surface area contributed by atoms with Crippen molar-refractivity contribution in [1.82, 2.24) is 10.2 Å². The Morgan fingerprint density at radius 1 is 0.826 bits per heavy atom. The van der Waals surface area contributed by atoms with Gasteiger partial charge in [-0.25, -0.2) is 0 Å². The summed E-state index contributed by atoms with van der Waals surface area (Å²) >= 11 is 0. The van der Waals surface area contributed by atoms with Gasteiger partial charge in [0.1, 0.15) is 0 Å². The van der Waals surface area contributed by atoms with Crippen molar-refractivity contribution in [1.29, 1.82) is 0 Å². The van der Waals surface area contributed by atoms with E-state index < -0.39 is 0 Å². The van der Waals surface area contributed by atoms with Gasteiger partial charge in [-0.15, -0.1) is 0 Å². The Hall–Kier alpha value is -1.64. The Morgan fingerprint density at radius 3 is 1.87 bits per heavy atom. The Balaban J connectivity index is 1.54. The molecule has 0 bridgehead atoms. The van der Waals surface area contributed by atoms with Crippen LogP contribution in [0.2, 0.25) is 0 Å². The van der Waals surface area contributed by atoms with E-state index in [-0.39, 0.29) is 0 Å². The van der Waals surface area contributed by atoms with Crippen LogP contribution in [0, 0.1) is 0 Å². The molecule has 0 spiro atoms. The average molecular weight is 308 g/mol. The normalized spacial score (nSPS) is 17.7. The highest BCUT2D eigenvalue weighted by Gasteiger charge is 2.17. The molecule has 1 aliphatic rings. The molecule has 2 nitrogen and oxygen atoms in total. The first-order valence-electron chi connectivity index (χ1n) is 8.94. The van der Waals surface area contributed by atoms with Crippen molar-refractivity contribution >= 4 is 0 Å². The van der Waals surface area contributed by atoms with E-state index in [1.807, 2.05) is 0 Å². The van der Waals surface area contributed by atoms with Crippen LogP contribution in [0.4, 0.5) is 0 Å². The fraction of sp³-hybridized carbons (Fsp3) is 0.429. The molecule has 122 valence electrons. The molecule has 2 aromatic carbocycles. The van der Waals surface area contributed by atoms with Crippen LogP contribution in [-0.2, 0) is 12.8 Å². The first-order valence-corrected chi connectivity index (χ1v) is 8.94. The zero-order valence-corrected chi connectivity index (χ0v) is 14.0. The van der Waals surface area contributed by atoms with Gasteiger partial charge in [-0.3, -0.25) is 0 Å². The summed E-state index contributed by atoms with van der Waals surface area (Å²) in [6.07, 6.45) is 4.94. The topological polar surface area (TPSA) is 15.3 Å². The van der Waals surface area contributed by atoms with Crippen molar-refractivity contribution in [2.45, 2.75) is 31.7 Å². The smallest absolute Gasteiger partial charge is 0.0195 e. The molecule has 1 atom stereocenters. The molecule has 3 rings (SSSR count). The first-order chi connectivity index (χ1) is 11.4. The molecule has 1 saturated heterocycles. The quantitative estimate of drug-likeness (QED) is 0.802. The van der Waals surface area contributed by atoms with Crippen molar-refractivity contribution in [3.63, 3.8) is 0 Å².